The van der Waals surface area contributed by atoms with Crippen LogP contribution >= 0.6 is 0 Å². The summed E-state index contributed by atoms with van der Waals surface area (Å²) < 4.78 is 4.66. The van der Waals surface area contributed by atoms with Crippen molar-refractivity contribution in [3.8, 4) is 0 Å². The first kappa shape index (κ1) is 17.6. The smallest absolute Gasteiger partial charge is 0.307 e. The summed E-state index contributed by atoms with van der Waals surface area (Å²) in [5.41, 5.74) is 2.97. The maximum absolute atomic E-state index is 11.5. The number of aliphatic hydroxyl groups is 2. The van der Waals surface area contributed by atoms with Crippen molar-refractivity contribution in [3.05, 3.63) is 34.9 Å². The number of hydrogen-bond acceptors (Lipinski definition) is 5. The molecule has 0 amide bonds. The van der Waals surface area contributed by atoms with Crippen LogP contribution in [0.4, 0.5) is 0 Å². The van der Waals surface area contributed by atoms with Crippen LogP contribution in [0, 0.1) is 13.8 Å². The van der Waals surface area contributed by atoms with Crippen LogP contribution in [0.5, 0.6) is 0 Å². The predicted molar refractivity (Wildman–Crippen MR) is 81.0 cm³/mol. The van der Waals surface area contributed by atoms with Gasteiger partial charge in [-0.15, -0.1) is 0 Å². The molecular weight excluding hydrogens is 270 g/mol. The van der Waals surface area contributed by atoms with E-state index in [0.29, 0.717) is 6.54 Å². The molecule has 5 nitrogen and oxygen atoms in total. The first-order chi connectivity index (χ1) is 9.85. The SMILES string of the molecule is COC(=O)CC(NCC(C)O)C(O)c1ccc(C)c(C)c1. The Hall–Kier alpha value is -1.43. The topological polar surface area (TPSA) is 78.8 Å². The summed E-state index contributed by atoms with van der Waals surface area (Å²) in [6.07, 6.45) is -1.36. The Labute approximate surface area is 125 Å². The number of rotatable bonds is 7. The molecule has 0 saturated heterocycles. The zero-order valence-electron chi connectivity index (χ0n) is 13.1. The third-order valence-corrected chi connectivity index (χ3v) is 3.54. The molecular formula is C16H25NO4. The Morgan fingerprint density at radius 1 is 1.29 bits per heavy atom. The number of ether oxygens (including phenoxy) is 1. The molecule has 0 saturated carbocycles. The minimum Gasteiger partial charge on any atom is -0.469 e. The molecule has 1 rings (SSSR count). The van der Waals surface area contributed by atoms with E-state index in [1.54, 1.807) is 6.92 Å². The van der Waals surface area contributed by atoms with Crippen molar-refractivity contribution >= 4 is 5.97 Å². The number of nitrogens with one attached hydrogen (secondary N) is 1. The summed E-state index contributed by atoms with van der Waals surface area (Å²) in [5.74, 6) is -0.402. The Bertz CT molecular complexity index is 473. The van der Waals surface area contributed by atoms with Crippen LogP contribution in [-0.2, 0) is 9.53 Å². The average Bonchev–Trinajstić information content (AvgIpc) is 2.45. The molecule has 1 aromatic rings. The Kier molecular flexibility index (Phi) is 6.81. The molecule has 21 heavy (non-hydrogen) atoms. The molecule has 0 aromatic heterocycles. The van der Waals surface area contributed by atoms with Crippen LogP contribution in [0.2, 0.25) is 0 Å². The highest BCUT2D eigenvalue weighted by molar-refractivity contribution is 5.70. The van der Waals surface area contributed by atoms with Crippen molar-refractivity contribution in [3.63, 3.8) is 0 Å². The quantitative estimate of drug-likeness (QED) is 0.660. The van der Waals surface area contributed by atoms with Crippen molar-refractivity contribution in [2.24, 2.45) is 0 Å². The lowest BCUT2D eigenvalue weighted by Gasteiger charge is -2.25. The second-order valence-corrected chi connectivity index (χ2v) is 5.43. The van der Waals surface area contributed by atoms with Crippen LogP contribution in [0.25, 0.3) is 0 Å². The molecule has 0 aliphatic heterocycles. The molecule has 0 bridgehead atoms. The van der Waals surface area contributed by atoms with Crippen molar-refractivity contribution in [2.45, 2.75) is 45.4 Å². The largest absolute Gasteiger partial charge is 0.469 e. The Morgan fingerprint density at radius 3 is 2.48 bits per heavy atom. The highest BCUT2D eigenvalue weighted by Crippen LogP contribution is 2.22. The van der Waals surface area contributed by atoms with E-state index in [4.69, 9.17) is 0 Å². The van der Waals surface area contributed by atoms with Gasteiger partial charge < -0.3 is 20.3 Å². The van der Waals surface area contributed by atoms with E-state index in [2.05, 4.69) is 10.1 Å². The van der Waals surface area contributed by atoms with Crippen LogP contribution in [0.15, 0.2) is 18.2 Å². The molecule has 0 aliphatic rings. The third kappa shape index (κ3) is 5.46. The summed E-state index contributed by atoms with van der Waals surface area (Å²) in [4.78, 5) is 11.5. The van der Waals surface area contributed by atoms with Crippen LogP contribution < -0.4 is 5.32 Å². The van der Waals surface area contributed by atoms with Gasteiger partial charge in [0.25, 0.3) is 0 Å². The van der Waals surface area contributed by atoms with E-state index in [1.807, 2.05) is 32.0 Å². The van der Waals surface area contributed by atoms with Crippen molar-refractivity contribution < 1.29 is 19.7 Å². The van der Waals surface area contributed by atoms with Gasteiger partial charge in [-0.1, -0.05) is 18.2 Å². The number of aryl methyl sites for hydroxylation is 2. The zero-order chi connectivity index (χ0) is 16.0. The standard InChI is InChI=1S/C16H25NO4/c1-10-5-6-13(7-11(10)2)16(20)14(8-15(19)21-4)17-9-12(3)18/h5-7,12,14,16-18,20H,8-9H2,1-4H3. The van der Waals surface area contributed by atoms with Gasteiger partial charge in [-0.25, -0.2) is 0 Å². The fraction of sp³-hybridized carbons (Fsp3) is 0.562. The van der Waals surface area contributed by atoms with Crippen LogP contribution in [0.1, 0.15) is 36.1 Å². The minimum absolute atomic E-state index is 0.0390. The molecule has 0 spiro atoms. The third-order valence-electron chi connectivity index (χ3n) is 3.54. The molecule has 3 unspecified atom stereocenters. The molecule has 3 N–H and O–H groups in total. The number of carbonyl (C=O) groups excluding carboxylic acids is 1. The monoisotopic (exact) mass is 295 g/mol. The average molecular weight is 295 g/mol. The van der Waals surface area contributed by atoms with Gasteiger partial charge in [-0.05, 0) is 37.5 Å². The number of aliphatic hydroxyl groups excluding tert-OH is 2. The summed E-state index contributed by atoms with van der Waals surface area (Å²) in [5, 5.41) is 22.9. The molecule has 5 heteroatoms. The second-order valence-electron chi connectivity index (χ2n) is 5.43. The molecule has 0 aliphatic carbocycles. The Morgan fingerprint density at radius 2 is 1.95 bits per heavy atom. The van der Waals surface area contributed by atoms with Gasteiger partial charge in [0.1, 0.15) is 0 Å². The lowest BCUT2D eigenvalue weighted by atomic mass is 9.96. The molecule has 1 aromatic carbocycles. The molecule has 118 valence electrons. The number of carbonyl (C=O) groups is 1. The summed E-state index contributed by atoms with van der Waals surface area (Å²) >= 11 is 0. The van der Waals surface area contributed by atoms with E-state index in [0.717, 1.165) is 16.7 Å². The second kappa shape index (κ2) is 8.12. The van der Waals surface area contributed by atoms with E-state index >= 15 is 0 Å². The summed E-state index contributed by atoms with van der Waals surface area (Å²) in [6.45, 7) is 5.92. The lowest BCUT2D eigenvalue weighted by molar-refractivity contribution is -0.142. The zero-order valence-corrected chi connectivity index (χ0v) is 13.1. The van der Waals surface area contributed by atoms with Gasteiger partial charge >= 0.3 is 5.97 Å². The first-order valence-electron chi connectivity index (χ1n) is 7.08. The van der Waals surface area contributed by atoms with Crippen molar-refractivity contribution in [1.82, 2.24) is 5.32 Å². The fourth-order valence-corrected chi connectivity index (χ4v) is 2.06. The normalized spacial score (nSPS) is 15.3. The molecule has 0 heterocycles. The minimum atomic E-state index is -0.845. The predicted octanol–water partition coefficient (Wildman–Crippen LogP) is 1.24. The number of benzene rings is 1. The van der Waals surface area contributed by atoms with Gasteiger partial charge in [0.2, 0.25) is 0 Å². The Balaban J connectivity index is 2.88. The first-order valence-corrected chi connectivity index (χ1v) is 7.08. The molecule has 3 atom stereocenters. The van der Waals surface area contributed by atoms with E-state index in [9.17, 15) is 15.0 Å². The maximum Gasteiger partial charge on any atom is 0.307 e. The highest BCUT2D eigenvalue weighted by Gasteiger charge is 2.24. The number of esters is 1. The van der Waals surface area contributed by atoms with Gasteiger partial charge in [-0.3, -0.25) is 4.79 Å². The van der Waals surface area contributed by atoms with Crippen molar-refractivity contribution in [2.75, 3.05) is 13.7 Å². The van der Waals surface area contributed by atoms with Crippen LogP contribution in [0.3, 0.4) is 0 Å². The molecule has 0 fully saturated rings. The highest BCUT2D eigenvalue weighted by atomic mass is 16.5. The van der Waals surface area contributed by atoms with Gasteiger partial charge in [0, 0.05) is 12.6 Å². The van der Waals surface area contributed by atoms with Crippen LogP contribution in [-0.4, -0.2) is 42.0 Å². The lowest BCUT2D eigenvalue weighted by Crippen LogP contribution is -2.40. The van der Waals surface area contributed by atoms with Crippen molar-refractivity contribution in [1.29, 1.82) is 0 Å². The summed E-state index contributed by atoms with van der Waals surface area (Å²) in [6, 6.07) is 5.20. The van der Waals surface area contributed by atoms with Gasteiger partial charge in [0.15, 0.2) is 0 Å². The van der Waals surface area contributed by atoms with E-state index in [1.165, 1.54) is 7.11 Å². The van der Waals surface area contributed by atoms with Gasteiger partial charge in [0.05, 0.1) is 25.7 Å². The maximum atomic E-state index is 11.5. The number of methoxy groups -OCH3 is 1. The molecule has 0 radical (unpaired) electrons. The van der Waals surface area contributed by atoms with E-state index < -0.39 is 24.2 Å². The fourth-order valence-electron chi connectivity index (χ4n) is 2.06. The number of hydrogen-bond donors (Lipinski definition) is 3. The summed E-state index contributed by atoms with van der Waals surface area (Å²) in [7, 11) is 1.32. The van der Waals surface area contributed by atoms with E-state index in [-0.39, 0.29) is 6.42 Å². The van der Waals surface area contributed by atoms with Gasteiger partial charge in [-0.2, -0.15) is 0 Å².